The van der Waals surface area contributed by atoms with Crippen molar-refractivity contribution in [3.8, 4) is 0 Å². The van der Waals surface area contributed by atoms with Crippen LogP contribution in [0.1, 0.15) is 4.88 Å². The van der Waals surface area contributed by atoms with Gasteiger partial charge in [0.25, 0.3) is 5.13 Å². The Kier molecular flexibility index (Phi) is 2.61. The van der Waals surface area contributed by atoms with Gasteiger partial charge in [0.2, 0.25) is 0 Å². The molecule has 1 atom stereocenters. The van der Waals surface area contributed by atoms with Crippen LogP contribution in [0.5, 0.6) is 0 Å². The lowest BCUT2D eigenvalue weighted by molar-refractivity contribution is -0.0206. The molecule has 12 heavy (non-hydrogen) atoms. The Morgan fingerprint density at radius 1 is 1.25 bits per heavy atom. The third-order valence-electron chi connectivity index (χ3n) is 1.19. The summed E-state index contributed by atoms with van der Waals surface area (Å²) in [6.07, 6.45) is 0. The standard InChI is InChI=1S/C6H3Cl2F3S/c7-5(9,6(8,10)11)4-2-1-3-12-4/h1-3H/t5-/m1/s1. The largest absolute Gasteiger partial charge is 0.374 e. The molecule has 0 saturated heterocycles. The van der Waals surface area contributed by atoms with Crippen molar-refractivity contribution in [3.05, 3.63) is 22.4 Å². The van der Waals surface area contributed by atoms with Crippen LogP contribution in [0.4, 0.5) is 13.2 Å². The van der Waals surface area contributed by atoms with Crippen LogP contribution in [-0.2, 0) is 5.13 Å². The fraction of sp³-hybridized carbons (Fsp3) is 0.333. The van der Waals surface area contributed by atoms with Gasteiger partial charge in [-0.3, -0.25) is 0 Å². The maximum absolute atomic E-state index is 13.1. The molecule has 0 spiro atoms. The zero-order valence-electron chi connectivity index (χ0n) is 5.53. The van der Waals surface area contributed by atoms with Crippen LogP contribution in [0.3, 0.4) is 0 Å². The fourth-order valence-electron chi connectivity index (χ4n) is 0.597. The smallest absolute Gasteiger partial charge is 0.212 e. The Morgan fingerprint density at radius 3 is 2.17 bits per heavy atom. The third-order valence-corrected chi connectivity index (χ3v) is 3.06. The lowest BCUT2D eigenvalue weighted by Crippen LogP contribution is -2.30. The fourth-order valence-corrected chi connectivity index (χ4v) is 1.69. The zero-order valence-corrected chi connectivity index (χ0v) is 7.86. The van der Waals surface area contributed by atoms with E-state index >= 15 is 0 Å². The molecule has 0 bridgehead atoms. The van der Waals surface area contributed by atoms with Crippen LogP contribution < -0.4 is 0 Å². The number of hydrogen-bond donors (Lipinski definition) is 0. The summed E-state index contributed by atoms with van der Waals surface area (Å²) in [7, 11) is 0. The summed E-state index contributed by atoms with van der Waals surface area (Å²) in [4.78, 5) is -0.302. The number of halogens is 5. The highest BCUT2D eigenvalue weighted by molar-refractivity contribution is 7.10. The molecule has 1 aromatic heterocycles. The summed E-state index contributed by atoms with van der Waals surface area (Å²) in [5.41, 5.74) is 0. The maximum Gasteiger partial charge on any atom is 0.374 e. The first-order valence-corrected chi connectivity index (χ1v) is 4.48. The Labute approximate surface area is 80.9 Å². The zero-order chi connectivity index (χ0) is 9.41. The van der Waals surface area contributed by atoms with E-state index in [-0.39, 0.29) is 4.88 Å². The minimum absolute atomic E-state index is 0.302. The summed E-state index contributed by atoms with van der Waals surface area (Å²) in [6.45, 7) is 0. The van der Waals surface area contributed by atoms with Crippen LogP contribution in [-0.4, -0.2) is 5.38 Å². The quantitative estimate of drug-likeness (QED) is 0.681. The lowest BCUT2D eigenvalue weighted by Gasteiger charge is -2.20. The predicted molar refractivity (Wildman–Crippen MR) is 43.8 cm³/mol. The Bertz CT molecular complexity index is 252. The second-order valence-corrected chi connectivity index (χ2v) is 3.99. The molecular formula is C6H3Cl2F3S. The van der Waals surface area contributed by atoms with Crippen molar-refractivity contribution in [2.45, 2.75) is 10.5 Å². The molecule has 0 N–H and O–H groups in total. The van der Waals surface area contributed by atoms with Gasteiger partial charge in [0.15, 0.2) is 0 Å². The Morgan fingerprint density at radius 2 is 1.83 bits per heavy atom. The summed E-state index contributed by atoms with van der Waals surface area (Å²) in [5.74, 6) is 0. The van der Waals surface area contributed by atoms with E-state index in [1.54, 1.807) is 0 Å². The van der Waals surface area contributed by atoms with Gasteiger partial charge in [-0.25, -0.2) is 4.39 Å². The van der Waals surface area contributed by atoms with E-state index < -0.39 is 10.5 Å². The van der Waals surface area contributed by atoms with Gasteiger partial charge in [-0.1, -0.05) is 17.7 Å². The number of alkyl halides is 5. The summed E-state index contributed by atoms with van der Waals surface area (Å²) >= 11 is 10.2. The van der Waals surface area contributed by atoms with E-state index in [1.807, 2.05) is 0 Å². The topological polar surface area (TPSA) is 0 Å². The van der Waals surface area contributed by atoms with E-state index in [2.05, 4.69) is 11.6 Å². The molecule has 0 aliphatic carbocycles. The number of rotatable bonds is 2. The lowest BCUT2D eigenvalue weighted by atomic mass is 10.3. The van der Waals surface area contributed by atoms with Gasteiger partial charge in [0.1, 0.15) is 0 Å². The van der Waals surface area contributed by atoms with Crippen molar-refractivity contribution in [1.82, 2.24) is 0 Å². The molecule has 6 heteroatoms. The van der Waals surface area contributed by atoms with Gasteiger partial charge in [0.05, 0.1) is 4.88 Å². The van der Waals surface area contributed by atoms with Crippen molar-refractivity contribution >= 4 is 34.5 Å². The SMILES string of the molecule is FC(F)(Cl)[C@@](F)(Cl)c1cccs1. The van der Waals surface area contributed by atoms with Crippen molar-refractivity contribution in [2.75, 3.05) is 0 Å². The molecule has 0 nitrogen and oxygen atoms in total. The molecular weight excluding hydrogens is 232 g/mol. The minimum atomic E-state index is -4.10. The normalized spacial score (nSPS) is 17.4. The molecule has 68 valence electrons. The molecule has 1 rings (SSSR count). The van der Waals surface area contributed by atoms with E-state index in [0.29, 0.717) is 0 Å². The van der Waals surface area contributed by atoms with E-state index in [4.69, 9.17) is 11.6 Å². The second kappa shape index (κ2) is 3.09. The van der Waals surface area contributed by atoms with Crippen molar-refractivity contribution in [1.29, 1.82) is 0 Å². The van der Waals surface area contributed by atoms with Gasteiger partial charge in [-0.2, -0.15) is 8.78 Å². The van der Waals surface area contributed by atoms with Crippen molar-refractivity contribution in [3.63, 3.8) is 0 Å². The van der Waals surface area contributed by atoms with Gasteiger partial charge in [-0.15, -0.1) is 11.3 Å². The van der Waals surface area contributed by atoms with Crippen LogP contribution in [0.25, 0.3) is 0 Å². The first-order chi connectivity index (χ1) is 5.36. The summed E-state index contributed by atoms with van der Waals surface area (Å²) in [6, 6.07) is 2.58. The van der Waals surface area contributed by atoms with Crippen molar-refractivity contribution < 1.29 is 13.2 Å². The molecule has 0 amide bonds. The van der Waals surface area contributed by atoms with Gasteiger partial charge >= 0.3 is 5.38 Å². The van der Waals surface area contributed by atoms with Crippen LogP contribution in [0.15, 0.2) is 17.5 Å². The van der Waals surface area contributed by atoms with Gasteiger partial charge < -0.3 is 0 Å². The molecule has 0 aliphatic rings. The Balaban J connectivity index is 3.02. The predicted octanol–water partition coefficient (Wildman–Crippen LogP) is 3.94. The monoisotopic (exact) mass is 234 g/mol. The number of thiophene rings is 1. The summed E-state index contributed by atoms with van der Waals surface area (Å²) in [5, 5.41) is -5.98. The highest BCUT2D eigenvalue weighted by Gasteiger charge is 2.54. The average molecular weight is 235 g/mol. The van der Waals surface area contributed by atoms with Gasteiger partial charge in [-0.05, 0) is 23.0 Å². The minimum Gasteiger partial charge on any atom is -0.212 e. The first-order valence-electron chi connectivity index (χ1n) is 2.84. The number of hydrogen-bond acceptors (Lipinski definition) is 1. The van der Waals surface area contributed by atoms with Crippen LogP contribution in [0.2, 0.25) is 0 Å². The second-order valence-electron chi connectivity index (χ2n) is 2.05. The van der Waals surface area contributed by atoms with E-state index in [0.717, 1.165) is 17.4 Å². The third kappa shape index (κ3) is 1.70. The molecule has 0 aromatic carbocycles. The van der Waals surface area contributed by atoms with E-state index in [1.165, 1.54) is 11.4 Å². The Hall–Kier alpha value is 0.0700. The summed E-state index contributed by atoms with van der Waals surface area (Å²) < 4.78 is 37.7. The highest BCUT2D eigenvalue weighted by atomic mass is 35.5. The molecule has 0 aliphatic heterocycles. The maximum atomic E-state index is 13.1. The molecule has 0 radical (unpaired) electrons. The van der Waals surface area contributed by atoms with Crippen LogP contribution in [0, 0.1) is 0 Å². The average Bonchev–Trinajstić information content (AvgIpc) is 2.34. The molecule has 0 fully saturated rings. The van der Waals surface area contributed by atoms with Gasteiger partial charge in [0, 0.05) is 0 Å². The molecule has 0 saturated carbocycles. The van der Waals surface area contributed by atoms with E-state index in [9.17, 15) is 13.2 Å². The molecule has 0 unspecified atom stereocenters. The van der Waals surface area contributed by atoms with Crippen LogP contribution >= 0.6 is 34.5 Å². The molecule has 1 heterocycles. The highest BCUT2D eigenvalue weighted by Crippen LogP contribution is 2.48. The van der Waals surface area contributed by atoms with Crippen molar-refractivity contribution in [2.24, 2.45) is 0 Å². The first kappa shape index (κ1) is 10.2. The molecule has 1 aromatic rings.